The van der Waals surface area contributed by atoms with Crippen molar-refractivity contribution in [1.82, 2.24) is 5.32 Å². The molecular formula is C24H18Cl2N2O5. The van der Waals surface area contributed by atoms with Crippen molar-refractivity contribution in [2.24, 2.45) is 0 Å². The minimum Gasteiger partial charge on any atom is -0.495 e. The van der Waals surface area contributed by atoms with Gasteiger partial charge in [-0.1, -0.05) is 47.5 Å². The third kappa shape index (κ3) is 6.12. The lowest BCUT2D eigenvalue weighted by Crippen LogP contribution is -2.30. The van der Waals surface area contributed by atoms with Crippen molar-refractivity contribution in [3.8, 4) is 5.75 Å². The van der Waals surface area contributed by atoms with E-state index in [2.05, 4.69) is 10.6 Å². The highest BCUT2D eigenvalue weighted by Crippen LogP contribution is 2.27. The summed E-state index contributed by atoms with van der Waals surface area (Å²) in [5.74, 6) is -2.14. The molecule has 3 aromatic carbocycles. The molecule has 168 valence electrons. The summed E-state index contributed by atoms with van der Waals surface area (Å²) in [5.41, 5.74) is 0.820. The zero-order valence-corrected chi connectivity index (χ0v) is 18.8. The number of hydrogen-bond acceptors (Lipinski definition) is 4. The number of ether oxygens (including phenoxy) is 1. The molecule has 0 heterocycles. The summed E-state index contributed by atoms with van der Waals surface area (Å²) in [5, 5.41) is 15.0. The molecule has 0 aromatic heterocycles. The van der Waals surface area contributed by atoms with Gasteiger partial charge in [-0.25, -0.2) is 4.79 Å². The van der Waals surface area contributed by atoms with E-state index in [1.807, 2.05) is 0 Å². The Labute approximate surface area is 199 Å². The second-order valence-corrected chi connectivity index (χ2v) is 7.54. The summed E-state index contributed by atoms with van der Waals surface area (Å²) < 4.78 is 5.21. The Kier molecular flexibility index (Phi) is 7.71. The highest BCUT2D eigenvalue weighted by molar-refractivity contribution is 6.42. The first-order chi connectivity index (χ1) is 15.8. The van der Waals surface area contributed by atoms with Crippen LogP contribution in [-0.2, 0) is 4.79 Å². The van der Waals surface area contributed by atoms with Gasteiger partial charge in [-0.05, 0) is 54.1 Å². The standard InChI is InChI=1S/C24H18Cl2N2O5/c1-33-21-10-8-16(24(31)32)13-19(21)27-23(30)20(12-14-7-9-17(25)18(26)11-14)28-22(29)15-5-3-2-4-6-15/h2-13H,1H3,(H,27,30)(H,28,29)(H,31,32)/b20-12+. The van der Waals surface area contributed by atoms with Crippen molar-refractivity contribution in [1.29, 1.82) is 0 Å². The summed E-state index contributed by atoms with van der Waals surface area (Å²) in [6.07, 6.45) is 1.42. The number of carboxylic acid groups (broad SMARTS) is 1. The molecule has 9 heteroatoms. The lowest BCUT2D eigenvalue weighted by Gasteiger charge is -2.14. The second-order valence-electron chi connectivity index (χ2n) is 6.73. The SMILES string of the molecule is COc1ccc(C(=O)O)cc1NC(=O)/C(=C\c1ccc(Cl)c(Cl)c1)NC(=O)c1ccccc1. The fraction of sp³-hybridized carbons (Fsp3) is 0.0417. The molecular weight excluding hydrogens is 467 g/mol. The Hall–Kier alpha value is -3.81. The smallest absolute Gasteiger partial charge is 0.335 e. The van der Waals surface area contributed by atoms with E-state index in [1.54, 1.807) is 42.5 Å². The topological polar surface area (TPSA) is 105 Å². The number of halogens is 2. The van der Waals surface area contributed by atoms with E-state index in [0.29, 0.717) is 16.1 Å². The first-order valence-corrected chi connectivity index (χ1v) is 10.3. The van der Waals surface area contributed by atoms with Gasteiger partial charge in [0.2, 0.25) is 0 Å². The van der Waals surface area contributed by atoms with Crippen LogP contribution in [0.4, 0.5) is 5.69 Å². The predicted molar refractivity (Wildman–Crippen MR) is 127 cm³/mol. The van der Waals surface area contributed by atoms with Crippen LogP contribution < -0.4 is 15.4 Å². The minimum absolute atomic E-state index is 0.0468. The maximum absolute atomic E-state index is 13.1. The number of amides is 2. The van der Waals surface area contributed by atoms with Crippen LogP contribution in [0, 0.1) is 0 Å². The molecule has 0 atom stereocenters. The molecule has 0 radical (unpaired) electrons. The lowest BCUT2D eigenvalue weighted by atomic mass is 10.1. The van der Waals surface area contributed by atoms with Gasteiger partial charge in [-0.3, -0.25) is 9.59 Å². The van der Waals surface area contributed by atoms with Crippen LogP contribution in [0.2, 0.25) is 10.0 Å². The van der Waals surface area contributed by atoms with Crippen molar-refractivity contribution in [2.75, 3.05) is 12.4 Å². The molecule has 0 fully saturated rings. The average Bonchev–Trinajstić information content (AvgIpc) is 2.81. The molecule has 33 heavy (non-hydrogen) atoms. The number of hydrogen-bond donors (Lipinski definition) is 3. The van der Waals surface area contributed by atoms with Gasteiger partial charge in [-0.2, -0.15) is 0 Å². The summed E-state index contributed by atoms with van der Waals surface area (Å²) in [4.78, 5) is 37.2. The van der Waals surface area contributed by atoms with Gasteiger partial charge in [-0.15, -0.1) is 0 Å². The van der Waals surface area contributed by atoms with Crippen molar-refractivity contribution in [2.45, 2.75) is 0 Å². The molecule has 0 aliphatic rings. The quantitative estimate of drug-likeness (QED) is 0.404. The van der Waals surface area contributed by atoms with Crippen molar-refractivity contribution in [3.05, 3.63) is 99.2 Å². The molecule has 0 spiro atoms. The zero-order chi connectivity index (χ0) is 24.0. The number of aromatic carboxylic acids is 1. The molecule has 0 saturated heterocycles. The van der Waals surface area contributed by atoms with Crippen LogP contribution >= 0.6 is 23.2 Å². The number of carbonyl (C=O) groups is 3. The van der Waals surface area contributed by atoms with E-state index in [-0.39, 0.29) is 27.7 Å². The summed E-state index contributed by atoms with van der Waals surface area (Å²) >= 11 is 12.0. The molecule has 0 bridgehead atoms. The van der Waals surface area contributed by atoms with Gasteiger partial charge >= 0.3 is 5.97 Å². The lowest BCUT2D eigenvalue weighted by molar-refractivity contribution is -0.113. The van der Waals surface area contributed by atoms with Gasteiger partial charge in [0.1, 0.15) is 11.4 Å². The van der Waals surface area contributed by atoms with Crippen LogP contribution in [0.5, 0.6) is 5.75 Å². The van der Waals surface area contributed by atoms with Crippen molar-refractivity contribution in [3.63, 3.8) is 0 Å². The Morgan fingerprint density at radius 1 is 0.909 bits per heavy atom. The summed E-state index contributed by atoms with van der Waals surface area (Å²) in [7, 11) is 1.38. The third-order valence-corrected chi connectivity index (χ3v) is 5.22. The molecule has 2 amide bonds. The number of rotatable bonds is 7. The maximum atomic E-state index is 13.1. The minimum atomic E-state index is -1.17. The zero-order valence-electron chi connectivity index (χ0n) is 17.3. The third-order valence-electron chi connectivity index (χ3n) is 4.48. The van der Waals surface area contributed by atoms with E-state index >= 15 is 0 Å². The van der Waals surface area contributed by atoms with E-state index in [1.165, 1.54) is 37.5 Å². The second kappa shape index (κ2) is 10.7. The van der Waals surface area contributed by atoms with Crippen molar-refractivity contribution >= 4 is 52.7 Å². The van der Waals surface area contributed by atoms with E-state index in [9.17, 15) is 19.5 Å². The molecule has 0 aliphatic carbocycles. The van der Waals surface area contributed by atoms with Gasteiger partial charge < -0.3 is 20.5 Å². The summed E-state index contributed by atoms with van der Waals surface area (Å²) in [6.45, 7) is 0. The van der Waals surface area contributed by atoms with E-state index < -0.39 is 17.8 Å². The number of carboxylic acids is 1. The number of carbonyl (C=O) groups excluding carboxylic acids is 2. The molecule has 0 aliphatic heterocycles. The van der Waals surface area contributed by atoms with Gasteiger partial charge in [0.15, 0.2) is 0 Å². The molecule has 3 rings (SSSR count). The number of benzene rings is 3. The van der Waals surface area contributed by atoms with E-state index in [4.69, 9.17) is 27.9 Å². The highest BCUT2D eigenvalue weighted by Gasteiger charge is 2.18. The normalized spacial score (nSPS) is 10.9. The Balaban J connectivity index is 1.98. The molecule has 3 aromatic rings. The average molecular weight is 485 g/mol. The predicted octanol–water partition coefficient (Wildman–Crippen LogP) is 5.11. The Morgan fingerprint density at radius 3 is 2.27 bits per heavy atom. The van der Waals surface area contributed by atoms with Crippen LogP contribution in [0.3, 0.4) is 0 Å². The molecule has 0 saturated carbocycles. The fourth-order valence-electron chi connectivity index (χ4n) is 2.84. The maximum Gasteiger partial charge on any atom is 0.335 e. The van der Waals surface area contributed by atoms with Gasteiger partial charge in [0, 0.05) is 5.56 Å². The number of anilines is 1. The monoisotopic (exact) mass is 484 g/mol. The van der Waals surface area contributed by atoms with Crippen LogP contribution in [0.25, 0.3) is 6.08 Å². The molecule has 0 unspecified atom stereocenters. The first kappa shape index (κ1) is 23.8. The fourth-order valence-corrected chi connectivity index (χ4v) is 3.15. The first-order valence-electron chi connectivity index (χ1n) is 9.54. The molecule has 7 nitrogen and oxygen atoms in total. The Bertz CT molecular complexity index is 1240. The number of methoxy groups -OCH3 is 1. The van der Waals surface area contributed by atoms with E-state index in [0.717, 1.165) is 0 Å². The van der Waals surface area contributed by atoms with Gasteiger partial charge in [0.25, 0.3) is 11.8 Å². The van der Waals surface area contributed by atoms with Gasteiger partial charge in [0.05, 0.1) is 28.4 Å². The van der Waals surface area contributed by atoms with Crippen LogP contribution in [0.1, 0.15) is 26.3 Å². The summed E-state index contributed by atoms with van der Waals surface area (Å²) in [6, 6.07) is 17.1. The number of nitrogens with one attached hydrogen (secondary N) is 2. The van der Waals surface area contributed by atoms with Crippen LogP contribution in [0.15, 0.2) is 72.4 Å². The largest absolute Gasteiger partial charge is 0.495 e. The van der Waals surface area contributed by atoms with Crippen molar-refractivity contribution < 1.29 is 24.2 Å². The van der Waals surface area contributed by atoms with Crippen LogP contribution in [-0.4, -0.2) is 30.0 Å². The highest BCUT2D eigenvalue weighted by atomic mass is 35.5. The Morgan fingerprint density at radius 2 is 1.64 bits per heavy atom. The molecule has 3 N–H and O–H groups in total.